The molecular formula is C10H17NO. The Morgan fingerprint density at radius 2 is 2.17 bits per heavy atom. The van der Waals surface area contributed by atoms with Crippen molar-refractivity contribution in [2.24, 2.45) is 0 Å². The van der Waals surface area contributed by atoms with Gasteiger partial charge in [0.05, 0.1) is 12.8 Å². The van der Waals surface area contributed by atoms with Gasteiger partial charge in [0, 0.05) is 6.20 Å². The van der Waals surface area contributed by atoms with Gasteiger partial charge in [-0.15, -0.1) is 0 Å². The molecule has 0 bridgehead atoms. The van der Waals surface area contributed by atoms with Gasteiger partial charge < -0.3 is 4.74 Å². The first-order valence-electron chi connectivity index (χ1n) is 4.46. The summed E-state index contributed by atoms with van der Waals surface area (Å²) in [5.74, 6) is 0.851. The van der Waals surface area contributed by atoms with Crippen molar-refractivity contribution in [2.75, 3.05) is 6.61 Å². The molecule has 0 amide bonds. The number of hydrogen-bond donors (Lipinski definition) is 0. The highest BCUT2D eigenvalue weighted by Crippen LogP contribution is 2.05. The van der Waals surface area contributed by atoms with Crippen LogP contribution in [0.5, 0.6) is 5.75 Å². The van der Waals surface area contributed by atoms with Crippen molar-refractivity contribution in [1.82, 2.24) is 4.98 Å². The lowest BCUT2D eigenvalue weighted by molar-refractivity contribution is 0.316. The average Bonchev–Trinajstić information content (AvgIpc) is 2.19. The maximum atomic E-state index is 5.29. The fourth-order valence-electron chi connectivity index (χ4n) is 0.652. The zero-order valence-electron chi connectivity index (χ0n) is 8.08. The Kier molecular flexibility index (Phi) is 7.35. The van der Waals surface area contributed by atoms with Crippen LogP contribution in [-0.4, -0.2) is 11.6 Å². The van der Waals surface area contributed by atoms with Crippen molar-refractivity contribution in [3.8, 4) is 5.75 Å². The molecule has 2 heteroatoms. The van der Waals surface area contributed by atoms with Crippen molar-refractivity contribution in [2.45, 2.75) is 27.2 Å². The molecule has 0 aromatic carbocycles. The Morgan fingerprint density at radius 3 is 2.67 bits per heavy atom. The van der Waals surface area contributed by atoms with Gasteiger partial charge in [-0.1, -0.05) is 20.8 Å². The van der Waals surface area contributed by atoms with E-state index in [1.165, 1.54) is 0 Å². The molecule has 0 aliphatic rings. The Balaban J connectivity index is 0.000000561. The fraction of sp³-hybridized carbons (Fsp3) is 0.500. The summed E-state index contributed by atoms with van der Waals surface area (Å²) in [7, 11) is 0. The topological polar surface area (TPSA) is 22.1 Å². The van der Waals surface area contributed by atoms with Crippen molar-refractivity contribution in [3.05, 3.63) is 24.5 Å². The normalized spacial score (nSPS) is 8.25. The van der Waals surface area contributed by atoms with E-state index in [0.717, 1.165) is 18.8 Å². The van der Waals surface area contributed by atoms with Crippen molar-refractivity contribution in [3.63, 3.8) is 0 Å². The summed E-state index contributed by atoms with van der Waals surface area (Å²) in [6.45, 7) is 6.85. The van der Waals surface area contributed by atoms with Crippen LogP contribution in [-0.2, 0) is 0 Å². The van der Waals surface area contributed by atoms with E-state index in [0.29, 0.717) is 0 Å². The molecule has 0 aliphatic carbocycles. The van der Waals surface area contributed by atoms with Crippen LogP contribution < -0.4 is 4.74 Å². The predicted octanol–water partition coefficient (Wildman–Crippen LogP) is 2.90. The second-order valence-electron chi connectivity index (χ2n) is 2.04. The Hall–Kier alpha value is -1.05. The summed E-state index contributed by atoms with van der Waals surface area (Å²) < 4.78 is 5.29. The number of aromatic nitrogens is 1. The monoisotopic (exact) mass is 167 g/mol. The van der Waals surface area contributed by atoms with Crippen molar-refractivity contribution >= 4 is 0 Å². The second-order valence-corrected chi connectivity index (χ2v) is 2.04. The summed E-state index contributed by atoms with van der Waals surface area (Å²) in [6.07, 6.45) is 4.49. The third kappa shape index (κ3) is 4.72. The van der Waals surface area contributed by atoms with Gasteiger partial charge in [0.15, 0.2) is 0 Å². The van der Waals surface area contributed by atoms with Crippen LogP contribution in [0.1, 0.15) is 27.2 Å². The lowest BCUT2D eigenvalue weighted by Gasteiger charge is -2.01. The lowest BCUT2D eigenvalue weighted by atomic mass is 10.4. The molecule has 0 aliphatic heterocycles. The first kappa shape index (κ1) is 11.0. The highest BCUT2D eigenvalue weighted by molar-refractivity contribution is 5.15. The predicted molar refractivity (Wildman–Crippen MR) is 51.4 cm³/mol. The maximum absolute atomic E-state index is 5.29. The maximum Gasteiger partial charge on any atom is 0.137 e. The van der Waals surface area contributed by atoms with Gasteiger partial charge in [-0.25, -0.2) is 0 Å². The number of hydrogen-bond acceptors (Lipinski definition) is 2. The van der Waals surface area contributed by atoms with Crippen LogP contribution in [0.2, 0.25) is 0 Å². The molecule has 0 saturated heterocycles. The van der Waals surface area contributed by atoms with Crippen LogP contribution in [0.25, 0.3) is 0 Å². The van der Waals surface area contributed by atoms with Crippen LogP contribution >= 0.6 is 0 Å². The summed E-state index contributed by atoms with van der Waals surface area (Å²) in [5, 5.41) is 0. The molecule has 2 nitrogen and oxygen atoms in total. The van der Waals surface area contributed by atoms with Crippen LogP contribution in [0, 0.1) is 0 Å². The molecule has 1 heterocycles. The molecule has 68 valence electrons. The minimum Gasteiger partial charge on any atom is -0.492 e. The van der Waals surface area contributed by atoms with E-state index in [9.17, 15) is 0 Å². The Labute approximate surface area is 74.6 Å². The van der Waals surface area contributed by atoms with Crippen LogP contribution in [0.4, 0.5) is 0 Å². The zero-order chi connectivity index (χ0) is 9.23. The van der Waals surface area contributed by atoms with Gasteiger partial charge in [0.2, 0.25) is 0 Å². The molecule has 0 spiro atoms. The second kappa shape index (κ2) is 8.05. The minimum absolute atomic E-state index is 0.770. The van der Waals surface area contributed by atoms with E-state index >= 15 is 0 Å². The van der Waals surface area contributed by atoms with E-state index < -0.39 is 0 Å². The summed E-state index contributed by atoms with van der Waals surface area (Å²) in [6, 6.07) is 3.77. The third-order valence-corrected chi connectivity index (χ3v) is 1.11. The molecular weight excluding hydrogens is 150 g/mol. The summed E-state index contributed by atoms with van der Waals surface area (Å²) >= 11 is 0. The molecule has 0 N–H and O–H groups in total. The molecule has 0 saturated carbocycles. The van der Waals surface area contributed by atoms with Gasteiger partial charge in [-0.2, -0.15) is 0 Å². The smallest absolute Gasteiger partial charge is 0.137 e. The quantitative estimate of drug-likeness (QED) is 0.690. The van der Waals surface area contributed by atoms with Crippen molar-refractivity contribution < 1.29 is 4.74 Å². The highest BCUT2D eigenvalue weighted by atomic mass is 16.5. The van der Waals surface area contributed by atoms with Gasteiger partial charge in [0.1, 0.15) is 5.75 Å². The number of ether oxygens (including phenoxy) is 1. The average molecular weight is 167 g/mol. The van der Waals surface area contributed by atoms with E-state index in [-0.39, 0.29) is 0 Å². The summed E-state index contributed by atoms with van der Waals surface area (Å²) in [5.41, 5.74) is 0. The fourth-order valence-corrected chi connectivity index (χ4v) is 0.652. The Bertz CT molecular complexity index is 174. The van der Waals surface area contributed by atoms with E-state index in [4.69, 9.17) is 4.74 Å². The molecule has 0 unspecified atom stereocenters. The third-order valence-electron chi connectivity index (χ3n) is 1.11. The van der Waals surface area contributed by atoms with E-state index in [1.807, 2.05) is 26.0 Å². The number of pyridine rings is 1. The van der Waals surface area contributed by atoms with Crippen molar-refractivity contribution in [1.29, 1.82) is 0 Å². The molecule has 1 rings (SSSR count). The van der Waals surface area contributed by atoms with Crippen LogP contribution in [0.15, 0.2) is 24.5 Å². The molecule has 12 heavy (non-hydrogen) atoms. The van der Waals surface area contributed by atoms with Gasteiger partial charge in [0.25, 0.3) is 0 Å². The van der Waals surface area contributed by atoms with E-state index in [2.05, 4.69) is 11.9 Å². The Morgan fingerprint density at radius 1 is 1.42 bits per heavy atom. The first-order valence-corrected chi connectivity index (χ1v) is 4.46. The van der Waals surface area contributed by atoms with Gasteiger partial charge in [-0.05, 0) is 18.6 Å². The molecule has 1 aromatic heterocycles. The number of rotatable bonds is 3. The van der Waals surface area contributed by atoms with E-state index in [1.54, 1.807) is 12.4 Å². The lowest BCUT2D eigenvalue weighted by Crippen LogP contribution is -1.94. The van der Waals surface area contributed by atoms with Gasteiger partial charge >= 0.3 is 0 Å². The van der Waals surface area contributed by atoms with Gasteiger partial charge in [-0.3, -0.25) is 4.98 Å². The standard InChI is InChI=1S/C8H11NO.C2H6/c1-2-6-10-8-4-3-5-9-7-8;1-2/h3-5,7H,2,6H2,1H3;1-2H3. The molecule has 0 atom stereocenters. The molecule has 0 fully saturated rings. The molecule has 0 radical (unpaired) electrons. The highest BCUT2D eigenvalue weighted by Gasteiger charge is 1.87. The van der Waals surface area contributed by atoms with Crippen LogP contribution in [0.3, 0.4) is 0 Å². The molecule has 1 aromatic rings. The zero-order valence-corrected chi connectivity index (χ0v) is 8.08. The summed E-state index contributed by atoms with van der Waals surface area (Å²) in [4.78, 5) is 3.91. The SMILES string of the molecule is CC.CCCOc1cccnc1. The first-order chi connectivity index (χ1) is 5.93. The number of nitrogens with zero attached hydrogens (tertiary/aromatic N) is 1. The minimum atomic E-state index is 0.770. The largest absolute Gasteiger partial charge is 0.492 e.